The summed E-state index contributed by atoms with van der Waals surface area (Å²) in [7, 11) is 0. The molecule has 0 aliphatic heterocycles. The Morgan fingerprint density at radius 1 is 1.00 bits per heavy atom. The van der Waals surface area contributed by atoms with E-state index in [-0.39, 0.29) is 11.2 Å². The normalized spacial score (nSPS) is 12.3. The Hall–Kier alpha value is -3.14. The van der Waals surface area contributed by atoms with Gasteiger partial charge in [-0.05, 0) is 47.4 Å². The highest BCUT2D eigenvalue weighted by atomic mass is 16.4. The van der Waals surface area contributed by atoms with Crippen molar-refractivity contribution in [3.8, 4) is 0 Å². The number of H-pyrrole nitrogens is 1. The lowest BCUT2D eigenvalue weighted by molar-refractivity contribution is -0.132. The van der Waals surface area contributed by atoms with Gasteiger partial charge in [-0.1, -0.05) is 63.2 Å². The van der Waals surface area contributed by atoms with E-state index in [4.69, 9.17) is 0 Å². The first kappa shape index (κ1) is 20.6. The van der Waals surface area contributed by atoms with Crippen molar-refractivity contribution in [2.24, 2.45) is 0 Å². The Kier molecular flexibility index (Phi) is 6.02. The Bertz CT molecular complexity index is 1020. The van der Waals surface area contributed by atoms with Crippen LogP contribution in [0.2, 0.25) is 0 Å². The lowest BCUT2D eigenvalue weighted by Crippen LogP contribution is -2.11. The summed E-state index contributed by atoms with van der Waals surface area (Å²) >= 11 is 0. The first-order valence-electron chi connectivity index (χ1n) is 9.89. The number of aliphatic carboxylic acids is 1. The first-order chi connectivity index (χ1) is 13.7. The molecule has 0 saturated carbocycles. The van der Waals surface area contributed by atoms with Gasteiger partial charge < -0.3 is 10.1 Å². The Balaban J connectivity index is 1.63. The smallest absolute Gasteiger partial charge is 0.331 e. The molecule has 0 atom stereocenters. The average molecular weight is 389 g/mol. The topological polar surface area (TPSA) is 70.2 Å². The molecule has 29 heavy (non-hydrogen) atoms. The van der Waals surface area contributed by atoms with E-state index in [1.165, 1.54) is 5.56 Å². The third-order valence-electron chi connectivity index (χ3n) is 5.08. The van der Waals surface area contributed by atoms with Gasteiger partial charge >= 0.3 is 5.97 Å². The number of hydrogen-bond acceptors (Lipinski definition) is 2. The van der Waals surface area contributed by atoms with Crippen LogP contribution in [-0.2, 0) is 10.2 Å². The van der Waals surface area contributed by atoms with Crippen molar-refractivity contribution in [3.63, 3.8) is 0 Å². The molecule has 4 nitrogen and oxygen atoms in total. The molecule has 0 fully saturated rings. The van der Waals surface area contributed by atoms with Crippen LogP contribution in [0.4, 0.5) is 0 Å². The van der Waals surface area contributed by atoms with Crippen molar-refractivity contribution >= 4 is 28.7 Å². The first-order valence-corrected chi connectivity index (χ1v) is 9.89. The maximum absolute atomic E-state index is 12.5. The molecule has 0 saturated heterocycles. The van der Waals surface area contributed by atoms with Crippen LogP contribution < -0.4 is 0 Å². The van der Waals surface area contributed by atoms with Crippen LogP contribution in [0.3, 0.4) is 0 Å². The number of aromatic amines is 1. The molecular formula is C25H27NO3. The molecule has 1 heterocycles. The number of para-hydroxylation sites is 1. The molecule has 0 amide bonds. The zero-order chi connectivity index (χ0) is 21.0. The summed E-state index contributed by atoms with van der Waals surface area (Å²) in [6.07, 6.45) is 2.83. The van der Waals surface area contributed by atoms with Gasteiger partial charge in [-0.2, -0.15) is 0 Å². The molecule has 0 aliphatic carbocycles. The summed E-state index contributed by atoms with van der Waals surface area (Å²) in [4.78, 5) is 27.3. The van der Waals surface area contributed by atoms with Crippen LogP contribution >= 0.6 is 0 Å². The predicted molar refractivity (Wildman–Crippen MR) is 117 cm³/mol. The SMILES string of the molecule is CC(C)(C)c1ccc(C(=O)CCC/C(=C/c2cc3ccccc3[nH]2)C(=O)O)cc1. The van der Waals surface area contributed by atoms with Gasteiger partial charge in [0.2, 0.25) is 0 Å². The van der Waals surface area contributed by atoms with E-state index < -0.39 is 5.97 Å². The molecule has 0 radical (unpaired) electrons. The van der Waals surface area contributed by atoms with Gasteiger partial charge in [-0.25, -0.2) is 4.79 Å². The molecule has 0 unspecified atom stereocenters. The van der Waals surface area contributed by atoms with Crippen molar-refractivity contribution in [1.82, 2.24) is 4.98 Å². The number of hydrogen-bond donors (Lipinski definition) is 2. The second-order valence-electron chi connectivity index (χ2n) is 8.39. The summed E-state index contributed by atoms with van der Waals surface area (Å²) in [5.74, 6) is -0.911. The van der Waals surface area contributed by atoms with Crippen LogP contribution in [0.1, 0.15) is 61.6 Å². The molecule has 0 spiro atoms. The number of rotatable bonds is 7. The maximum atomic E-state index is 12.5. The van der Waals surface area contributed by atoms with Gasteiger partial charge in [0.05, 0.1) is 0 Å². The molecule has 2 aromatic carbocycles. The number of carboxylic acid groups (broad SMARTS) is 1. The fraction of sp³-hybridized carbons (Fsp3) is 0.280. The maximum Gasteiger partial charge on any atom is 0.331 e. The Morgan fingerprint density at radius 3 is 2.31 bits per heavy atom. The standard InChI is InChI=1S/C25H27NO3/c1-25(2,3)20-13-11-17(12-14-20)23(27)10-6-8-19(24(28)29)16-21-15-18-7-4-5-9-22(18)26-21/h4-5,7,9,11-16,26H,6,8,10H2,1-3H3,(H,28,29)/b19-16-. The van der Waals surface area contributed by atoms with Crippen LogP contribution in [0.25, 0.3) is 17.0 Å². The van der Waals surface area contributed by atoms with Crippen LogP contribution in [-0.4, -0.2) is 21.8 Å². The number of carboxylic acids is 1. The molecular weight excluding hydrogens is 362 g/mol. The summed E-state index contributed by atoms with van der Waals surface area (Å²) < 4.78 is 0. The van der Waals surface area contributed by atoms with Gasteiger partial charge in [0.25, 0.3) is 0 Å². The summed E-state index contributed by atoms with van der Waals surface area (Å²) in [5.41, 5.74) is 3.93. The minimum absolute atomic E-state index is 0.0424. The number of fused-ring (bicyclic) bond motifs is 1. The summed E-state index contributed by atoms with van der Waals surface area (Å²) in [6, 6.07) is 17.5. The zero-order valence-electron chi connectivity index (χ0n) is 17.2. The van der Waals surface area contributed by atoms with Crippen LogP contribution in [0.15, 0.2) is 60.2 Å². The van der Waals surface area contributed by atoms with E-state index in [0.717, 1.165) is 16.6 Å². The molecule has 0 aliphatic rings. The van der Waals surface area contributed by atoms with Crippen LogP contribution in [0, 0.1) is 0 Å². The third-order valence-corrected chi connectivity index (χ3v) is 5.08. The van der Waals surface area contributed by atoms with Crippen molar-refractivity contribution in [3.05, 3.63) is 77.0 Å². The van der Waals surface area contributed by atoms with Crippen molar-refractivity contribution in [1.29, 1.82) is 0 Å². The second kappa shape index (κ2) is 8.48. The lowest BCUT2D eigenvalue weighted by atomic mass is 9.86. The highest BCUT2D eigenvalue weighted by Gasteiger charge is 2.15. The van der Waals surface area contributed by atoms with Crippen molar-refractivity contribution in [2.75, 3.05) is 0 Å². The third kappa shape index (κ3) is 5.23. The number of aromatic nitrogens is 1. The number of ketones is 1. The second-order valence-corrected chi connectivity index (χ2v) is 8.39. The average Bonchev–Trinajstić information content (AvgIpc) is 3.09. The van der Waals surface area contributed by atoms with E-state index in [0.29, 0.717) is 30.4 Å². The molecule has 3 rings (SSSR count). The van der Waals surface area contributed by atoms with E-state index >= 15 is 0 Å². The van der Waals surface area contributed by atoms with Crippen molar-refractivity contribution in [2.45, 2.75) is 45.4 Å². The fourth-order valence-corrected chi connectivity index (χ4v) is 3.34. The molecule has 1 aromatic heterocycles. The molecule has 150 valence electrons. The number of benzene rings is 2. The summed E-state index contributed by atoms with van der Waals surface area (Å²) in [6.45, 7) is 6.41. The molecule has 0 bridgehead atoms. The fourth-order valence-electron chi connectivity index (χ4n) is 3.34. The van der Waals surface area contributed by atoms with E-state index in [1.54, 1.807) is 6.08 Å². The quantitative estimate of drug-likeness (QED) is 0.385. The number of nitrogens with one attached hydrogen (secondary N) is 1. The highest BCUT2D eigenvalue weighted by Crippen LogP contribution is 2.23. The van der Waals surface area contributed by atoms with Crippen molar-refractivity contribution < 1.29 is 14.7 Å². The van der Waals surface area contributed by atoms with Crippen LogP contribution in [0.5, 0.6) is 0 Å². The highest BCUT2D eigenvalue weighted by molar-refractivity contribution is 5.96. The number of Topliss-reactive ketones (excluding diaryl/α,β-unsaturated/α-hetero) is 1. The van der Waals surface area contributed by atoms with Gasteiger partial charge in [0, 0.05) is 28.8 Å². The van der Waals surface area contributed by atoms with E-state index in [2.05, 4.69) is 25.8 Å². The van der Waals surface area contributed by atoms with Gasteiger partial charge in [0.1, 0.15) is 0 Å². The molecule has 3 aromatic rings. The predicted octanol–water partition coefficient (Wildman–Crippen LogP) is 5.99. The van der Waals surface area contributed by atoms with E-state index in [9.17, 15) is 14.7 Å². The number of carbonyl (C=O) groups is 2. The Labute approximate surface area is 171 Å². The minimum Gasteiger partial charge on any atom is -0.478 e. The van der Waals surface area contributed by atoms with Gasteiger partial charge in [0.15, 0.2) is 5.78 Å². The molecule has 4 heteroatoms. The van der Waals surface area contributed by atoms with Gasteiger partial charge in [-0.3, -0.25) is 4.79 Å². The monoisotopic (exact) mass is 389 g/mol. The zero-order valence-corrected chi connectivity index (χ0v) is 17.2. The largest absolute Gasteiger partial charge is 0.478 e. The van der Waals surface area contributed by atoms with E-state index in [1.807, 2.05) is 54.6 Å². The lowest BCUT2D eigenvalue weighted by Gasteiger charge is -2.19. The molecule has 2 N–H and O–H groups in total. The summed E-state index contributed by atoms with van der Waals surface area (Å²) in [5, 5.41) is 10.6. The Morgan fingerprint density at radius 2 is 1.69 bits per heavy atom. The van der Waals surface area contributed by atoms with Gasteiger partial charge in [-0.15, -0.1) is 0 Å². The number of carbonyl (C=O) groups excluding carboxylic acids is 1. The minimum atomic E-state index is -0.953.